The number of esters is 2. The molecule has 8 nitrogen and oxygen atoms in total. The summed E-state index contributed by atoms with van der Waals surface area (Å²) in [4.78, 5) is 39.7. The van der Waals surface area contributed by atoms with Crippen molar-refractivity contribution in [2.75, 3.05) is 13.7 Å². The fourth-order valence-corrected chi connectivity index (χ4v) is 0.375. The predicted octanol–water partition coefficient (Wildman–Crippen LogP) is 2.03. The van der Waals surface area contributed by atoms with E-state index in [4.69, 9.17) is 10.8 Å². The first-order valence-electron chi connectivity index (χ1n) is 7.15. The van der Waals surface area contributed by atoms with Crippen molar-refractivity contribution in [3.8, 4) is 0 Å². The largest absolute Gasteiger partial charge is 0.478 e. The number of hydrogen-bond acceptors (Lipinski definition) is 6. The van der Waals surface area contributed by atoms with Crippen LogP contribution in [-0.2, 0) is 28.7 Å². The number of carbonyl (C=O) groups excluding carboxylic acids is 3. The number of amides is 1. The third-order valence-corrected chi connectivity index (χ3v) is 1.77. The molecule has 0 aromatic heterocycles. The summed E-state index contributed by atoms with van der Waals surface area (Å²) in [6.45, 7) is 19.8. The van der Waals surface area contributed by atoms with Gasteiger partial charge in [-0.05, 0) is 27.7 Å². The molecule has 0 fully saturated rings. The maximum Gasteiger partial charge on any atom is 0.332 e. The van der Waals surface area contributed by atoms with E-state index < -0.39 is 11.9 Å². The second kappa shape index (κ2) is 23.8. The monoisotopic (exact) mass is 396 g/mol. The van der Waals surface area contributed by atoms with Crippen molar-refractivity contribution in [1.82, 2.24) is 0 Å². The van der Waals surface area contributed by atoms with Gasteiger partial charge in [0, 0.05) is 53.8 Å². The third-order valence-electron chi connectivity index (χ3n) is 1.77. The standard InChI is InChI=1S/2C5H8O2.C4H7NO.C4H6O2.Na.H2/c1-4(2)5(6)7-3;1-3-5(6)7-4-2;2*1-3(2)4(5)6;;/h1H2,2-3H3;3H,1,4H2,2H3;1H2,2H3,(H2,5,6);1H2,2H3,(H,5,6);;1H. The zero-order chi connectivity index (χ0) is 21.9. The minimum Gasteiger partial charge on any atom is -0.478 e. The van der Waals surface area contributed by atoms with Crippen molar-refractivity contribution < 1.29 is 35.2 Å². The second-order valence-corrected chi connectivity index (χ2v) is 4.46. The molecule has 0 aliphatic rings. The molecule has 0 saturated carbocycles. The summed E-state index contributed by atoms with van der Waals surface area (Å²) in [7, 11) is 1.33. The summed E-state index contributed by atoms with van der Waals surface area (Å²) in [5, 5.41) is 7.89. The molecule has 0 saturated heterocycles. The molecule has 0 spiro atoms. The SMILES string of the molecule is C=C(C)C(=O)O.C=C(C)C(=O)OC.C=C(C)C(N)=O.C=CC(=O)OCC.[HH].[Na]. The molecular formula is C18H31NNaO7. The molecule has 151 valence electrons. The number of nitrogens with two attached hydrogens (primary N) is 1. The summed E-state index contributed by atoms with van der Waals surface area (Å²) in [6.07, 6.45) is 1.14. The molecule has 9 heteroatoms. The van der Waals surface area contributed by atoms with Crippen molar-refractivity contribution in [1.29, 1.82) is 0 Å². The van der Waals surface area contributed by atoms with E-state index >= 15 is 0 Å². The normalized spacial score (nSPS) is 7.30. The Morgan fingerprint density at radius 3 is 1.41 bits per heavy atom. The molecule has 0 heterocycles. The molecule has 0 aromatic carbocycles. The van der Waals surface area contributed by atoms with Crippen molar-refractivity contribution in [2.45, 2.75) is 27.7 Å². The number of carbonyl (C=O) groups is 4. The van der Waals surface area contributed by atoms with Gasteiger partial charge in [-0.1, -0.05) is 26.3 Å². The van der Waals surface area contributed by atoms with Crippen molar-refractivity contribution >= 4 is 53.4 Å². The first kappa shape index (κ1) is 35.9. The molecule has 0 atom stereocenters. The Bertz CT molecular complexity index is 496. The van der Waals surface area contributed by atoms with E-state index in [9.17, 15) is 19.2 Å². The van der Waals surface area contributed by atoms with Gasteiger partial charge < -0.3 is 20.3 Å². The topological polar surface area (TPSA) is 133 Å². The van der Waals surface area contributed by atoms with Crippen molar-refractivity contribution in [2.24, 2.45) is 5.73 Å². The third kappa shape index (κ3) is 40.1. The second-order valence-electron chi connectivity index (χ2n) is 4.46. The van der Waals surface area contributed by atoms with Crippen LogP contribution in [0.15, 0.2) is 49.1 Å². The number of carboxylic acid groups (broad SMARTS) is 1. The first-order chi connectivity index (χ1) is 11.8. The molecule has 0 rings (SSSR count). The quantitative estimate of drug-likeness (QED) is 0.413. The van der Waals surface area contributed by atoms with Crippen molar-refractivity contribution in [3.63, 3.8) is 0 Å². The maximum atomic E-state index is 10.2. The molecule has 27 heavy (non-hydrogen) atoms. The Hall–Kier alpha value is -2.16. The molecule has 0 bridgehead atoms. The predicted molar refractivity (Wildman–Crippen MR) is 108 cm³/mol. The van der Waals surface area contributed by atoms with Gasteiger partial charge in [0.1, 0.15) is 0 Å². The number of rotatable bonds is 5. The molecule has 3 N–H and O–H groups in total. The van der Waals surface area contributed by atoms with Gasteiger partial charge in [-0.2, -0.15) is 0 Å². The summed E-state index contributed by atoms with van der Waals surface area (Å²) in [6, 6.07) is 0. The number of carboxylic acids is 1. The van der Waals surface area contributed by atoms with Crippen LogP contribution in [0, 0.1) is 0 Å². The molecule has 1 amide bonds. The minimum absolute atomic E-state index is 0. The number of methoxy groups -OCH3 is 1. The average Bonchev–Trinajstić information content (AvgIpc) is 2.55. The number of aliphatic carboxylic acids is 1. The van der Waals surface area contributed by atoms with E-state index in [2.05, 4.69) is 35.8 Å². The van der Waals surface area contributed by atoms with E-state index in [1.807, 2.05) is 0 Å². The Kier molecular flexibility index (Phi) is 31.7. The van der Waals surface area contributed by atoms with Gasteiger partial charge in [0.2, 0.25) is 5.91 Å². The number of ether oxygens (including phenoxy) is 2. The van der Waals surface area contributed by atoms with Gasteiger partial charge in [-0.3, -0.25) is 4.79 Å². The zero-order valence-electron chi connectivity index (χ0n) is 17.1. The molecular weight excluding hydrogens is 365 g/mol. The Morgan fingerprint density at radius 1 is 1.04 bits per heavy atom. The Labute approximate surface area is 184 Å². The Morgan fingerprint density at radius 2 is 1.37 bits per heavy atom. The van der Waals surface area contributed by atoms with Gasteiger partial charge >= 0.3 is 17.9 Å². The minimum atomic E-state index is -0.935. The van der Waals surface area contributed by atoms with Gasteiger partial charge in [0.15, 0.2) is 0 Å². The Balaban J connectivity index is -0.0000000564. The van der Waals surface area contributed by atoms with Crippen LogP contribution in [0.25, 0.3) is 0 Å². The smallest absolute Gasteiger partial charge is 0.332 e. The van der Waals surface area contributed by atoms with Crippen LogP contribution >= 0.6 is 0 Å². The molecule has 0 unspecified atom stereocenters. The van der Waals surface area contributed by atoms with Gasteiger partial charge in [-0.15, -0.1) is 0 Å². The number of primary amides is 1. The van der Waals surface area contributed by atoms with E-state index in [-0.39, 0.29) is 48.5 Å². The summed E-state index contributed by atoms with van der Waals surface area (Å²) in [5.74, 6) is -2.08. The van der Waals surface area contributed by atoms with Crippen LogP contribution in [0.4, 0.5) is 0 Å². The zero-order valence-corrected chi connectivity index (χ0v) is 19.1. The number of hydrogen-bond donors (Lipinski definition) is 2. The van der Waals surface area contributed by atoms with E-state index in [1.165, 1.54) is 14.0 Å². The van der Waals surface area contributed by atoms with Gasteiger partial charge in [-0.25, -0.2) is 14.4 Å². The summed E-state index contributed by atoms with van der Waals surface area (Å²) >= 11 is 0. The summed E-state index contributed by atoms with van der Waals surface area (Å²) < 4.78 is 8.71. The summed E-state index contributed by atoms with van der Waals surface area (Å²) in [5.41, 5.74) is 5.70. The fourth-order valence-electron chi connectivity index (χ4n) is 0.375. The molecule has 0 aliphatic heterocycles. The van der Waals surface area contributed by atoms with Crippen LogP contribution in [0.2, 0.25) is 0 Å². The van der Waals surface area contributed by atoms with Gasteiger partial charge in [0.05, 0.1) is 13.7 Å². The first-order valence-corrected chi connectivity index (χ1v) is 7.15. The van der Waals surface area contributed by atoms with Crippen LogP contribution < -0.4 is 5.73 Å². The van der Waals surface area contributed by atoms with Crippen molar-refractivity contribution in [3.05, 3.63) is 49.1 Å². The van der Waals surface area contributed by atoms with Crippen LogP contribution in [0.5, 0.6) is 0 Å². The van der Waals surface area contributed by atoms with Crippen LogP contribution in [0.3, 0.4) is 0 Å². The maximum absolute atomic E-state index is 10.2. The van der Waals surface area contributed by atoms with E-state index in [1.54, 1.807) is 20.8 Å². The van der Waals surface area contributed by atoms with E-state index in [0.29, 0.717) is 17.8 Å². The molecule has 0 aliphatic carbocycles. The molecule has 0 aromatic rings. The molecule has 1 radical (unpaired) electrons. The van der Waals surface area contributed by atoms with Gasteiger partial charge in [0.25, 0.3) is 0 Å². The fraction of sp³-hybridized carbons (Fsp3) is 0.333. The van der Waals surface area contributed by atoms with Crippen LogP contribution in [0.1, 0.15) is 29.1 Å². The average molecular weight is 396 g/mol. The van der Waals surface area contributed by atoms with E-state index in [0.717, 1.165) is 6.08 Å². The van der Waals surface area contributed by atoms with Crippen LogP contribution in [-0.4, -0.2) is 72.2 Å².